The molecule has 1 aliphatic rings. The number of rotatable bonds is 4. The van der Waals surface area contributed by atoms with Crippen molar-refractivity contribution >= 4 is 11.7 Å². The van der Waals surface area contributed by atoms with Crippen LogP contribution in [-0.2, 0) is 6.54 Å². The van der Waals surface area contributed by atoms with Crippen molar-refractivity contribution in [2.45, 2.75) is 38.1 Å². The molecule has 6 nitrogen and oxygen atoms in total. The molecule has 0 fully saturated rings. The van der Waals surface area contributed by atoms with E-state index in [9.17, 15) is 18.0 Å². The monoisotopic (exact) mass is 404 g/mol. The van der Waals surface area contributed by atoms with Gasteiger partial charge in [0.05, 0.1) is 25.0 Å². The lowest BCUT2D eigenvalue weighted by Gasteiger charge is -2.34. The van der Waals surface area contributed by atoms with Crippen LogP contribution in [-0.4, -0.2) is 21.9 Å². The highest BCUT2D eigenvalue weighted by Crippen LogP contribution is 2.44. The zero-order chi connectivity index (χ0) is 20.6. The molecule has 2 atom stereocenters. The van der Waals surface area contributed by atoms with Crippen molar-refractivity contribution in [3.63, 3.8) is 0 Å². The average molecular weight is 404 g/mol. The summed E-state index contributed by atoms with van der Waals surface area (Å²) in [6.07, 6.45) is -2.07. The number of carbonyl (C=O) groups excluding carboxylic acids is 1. The van der Waals surface area contributed by atoms with Crippen LogP contribution in [0.3, 0.4) is 0 Å². The van der Waals surface area contributed by atoms with E-state index in [2.05, 4.69) is 15.7 Å². The molecule has 0 bridgehead atoms. The highest BCUT2D eigenvalue weighted by atomic mass is 19.4. The molecule has 152 valence electrons. The fourth-order valence-electron chi connectivity index (χ4n) is 3.42. The Hall–Kier alpha value is -3.23. The van der Waals surface area contributed by atoms with E-state index in [1.165, 1.54) is 6.26 Å². The molecular formula is C20H19F3N4O2. The number of hydrogen-bond acceptors (Lipinski definition) is 4. The first-order valence-electron chi connectivity index (χ1n) is 9.11. The summed E-state index contributed by atoms with van der Waals surface area (Å²) < 4.78 is 47.2. The molecule has 0 radical (unpaired) electrons. The summed E-state index contributed by atoms with van der Waals surface area (Å²) in [6.45, 7) is 2.04. The molecule has 0 saturated heterocycles. The minimum Gasteiger partial charge on any atom is -0.467 e. The summed E-state index contributed by atoms with van der Waals surface area (Å²) >= 11 is 0. The fourth-order valence-corrected chi connectivity index (χ4v) is 3.42. The van der Waals surface area contributed by atoms with Crippen LogP contribution in [0.4, 0.5) is 19.0 Å². The molecule has 1 aromatic carbocycles. The van der Waals surface area contributed by atoms with E-state index in [1.807, 2.05) is 19.1 Å². The van der Waals surface area contributed by atoms with E-state index in [0.29, 0.717) is 5.76 Å². The lowest BCUT2D eigenvalue weighted by molar-refractivity contribution is -0.173. The summed E-state index contributed by atoms with van der Waals surface area (Å²) in [5.74, 6) is 0.0692. The first-order valence-corrected chi connectivity index (χ1v) is 9.11. The van der Waals surface area contributed by atoms with Gasteiger partial charge in [-0.2, -0.15) is 18.3 Å². The van der Waals surface area contributed by atoms with Crippen LogP contribution >= 0.6 is 0 Å². The highest BCUT2D eigenvalue weighted by molar-refractivity contribution is 5.98. The molecule has 2 aromatic heterocycles. The minimum atomic E-state index is -4.49. The third-order valence-electron chi connectivity index (χ3n) is 4.97. The minimum absolute atomic E-state index is 0.0566. The first kappa shape index (κ1) is 19.1. The average Bonchev–Trinajstić information content (AvgIpc) is 3.35. The number of nitrogens with zero attached hydrogens (tertiary/aromatic N) is 2. The lowest BCUT2D eigenvalue weighted by Crippen LogP contribution is -2.36. The number of hydrogen-bond donors (Lipinski definition) is 2. The Morgan fingerprint density at radius 2 is 2.07 bits per heavy atom. The summed E-state index contributed by atoms with van der Waals surface area (Å²) in [5, 5.41) is 9.58. The number of furan rings is 1. The molecule has 0 spiro atoms. The second-order valence-corrected chi connectivity index (χ2v) is 7.01. The predicted molar refractivity (Wildman–Crippen MR) is 99.4 cm³/mol. The third kappa shape index (κ3) is 3.85. The van der Waals surface area contributed by atoms with Crippen molar-refractivity contribution < 1.29 is 22.4 Å². The maximum absolute atomic E-state index is 13.7. The molecule has 3 heterocycles. The van der Waals surface area contributed by atoms with Crippen molar-refractivity contribution in [2.75, 3.05) is 5.32 Å². The third-order valence-corrected chi connectivity index (χ3v) is 4.97. The zero-order valence-electron chi connectivity index (χ0n) is 15.5. The largest absolute Gasteiger partial charge is 0.467 e. The number of fused-ring (bicyclic) bond motifs is 1. The van der Waals surface area contributed by atoms with Crippen LogP contribution < -0.4 is 10.6 Å². The normalized spacial score (nSPS) is 18.8. The van der Waals surface area contributed by atoms with Crippen molar-refractivity contribution in [3.05, 3.63) is 71.3 Å². The zero-order valence-corrected chi connectivity index (χ0v) is 15.5. The van der Waals surface area contributed by atoms with Gasteiger partial charge in [0.25, 0.3) is 5.91 Å². The fraction of sp³-hybridized carbons (Fsp3) is 0.300. The summed E-state index contributed by atoms with van der Waals surface area (Å²) in [7, 11) is 0. The number of anilines is 1. The molecule has 4 rings (SSSR count). The van der Waals surface area contributed by atoms with E-state index < -0.39 is 24.2 Å². The topological polar surface area (TPSA) is 72.1 Å². The molecular weight excluding hydrogens is 385 g/mol. The van der Waals surface area contributed by atoms with Crippen molar-refractivity contribution in [1.82, 2.24) is 15.1 Å². The second kappa shape index (κ2) is 7.31. The van der Waals surface area contributed by atoms with Gasteiger partial charge in [-0.1, -0.05) is 29.8 Å². The van der Waals surface area contributed by atoms with Gasteiger partial charge in [-0.25, -0.2) is 4.68 Å². The van der Waals surface area contributed by atoms with Crippen molar-refractivity contribution in [1.29, 1.82) is 0 Å². The summed E-state index contributed by atoms with van der Waals surface area (Å²) in [5.41, 5.74) is 1.79. The van der Waals surface area contributed by atoms with Gasteiger partial charge < -0.3 is 15.1 Å². The first-order chi connectivity index (χ1) is 13.8. The Bertz CT molecular complexity index is 994. The molecule has 0 unspecified atom stereocenters. The van der Waals surface area contributed by atoms with Crippen LogP contribution in [0.2, 0.25) is 0 Å². The highest BCUT2D eigenvalue weighted by Gasteiger charge is 2.47. The maximum atomic E-state index is 13.7. The number of nitrogens with one attached hydrogen (secondary N) is 2. The van der Waals surface area contributed by atoms with Crippen LogP contribution in [0.25, 0.3) is 0 Å². The van der Waals surface area contributed by atoms with Gasteiger partial charge in [-0.3, -0.25) is 4.79 Å². The van der Waals surface area contributed by atoms with Gasteiger partial charge in [0.2, 0.25) is 0 Å². The lowest BCUT2D eigenvalue weighted by atomic mass is 9.96. The van der Waals surface area contributed by atoms with Crippen LogP contribution in [0.1, 0.15) is 45.7 Å². The molecule has 29 heavy (non-hydrogen) atoms. The molecule has 1 aliphatic heterocycles. The van der Waals surface area contributed by atoms with E-state index in [-0.39, 0.29) is 24.3 Å². The van der Waals surface area contributed by atoms with Crippen LogP contribution in [0.15, 0.2) is 53.3 Å². The van der Waals surface area contributed by atoms with E-state index >= 15 is 0 Å². The molecule has 3 aromatic rings. The molecule has 0 aliphatic carbocycles. The van der Waals surface area contributed by atoms with Crippen LogP contribution in [0.5, 0.6) is 0 Å². The Morgan fingerprint density at radius 3 is 2.72 bits per heavy atom. The van der Waals surface area contributed by atoms with Crippen molar-refractivity contribution in [2.24, 2.45) is 0 Å². The molecule has 9 heteroatoms. The van der Waals surface area contributed by atoms with Crippen LogP contribution in [0, 0.1) is 6.92 Å². The Morgan fingerprint density at radius 1 is 1.31 bits per heavy atom. The smallest absolute Gasteiger partial charge is 0.410 e. The number of alkyl halides is 3. The number of carbonyl (C=O) groups is 1. The number of halogens is 3. The standard InChI is InChI=1S/C20H19F3N4O2/c1-12-4-6-13(7-5-12)16-9-17(20(21,22)23)27-18(26-16)15(11-25-27)19(28)24-10-14-3-2-8-29-14/h2-8,11,16-17,26H,9-10H2,1H3,(H,24,28)/t16-,17+/m1/s1. The second-order valence-electron chi connectivity index (χ2n) is 7.01. The van der Waals surface area contributed by atoms with Gasteiger partial charge >= 0.3 is 6.18 Å². The van der Waals surface area contributed by atoms with Gasteiger partial charge in [0, 0.05) is 6.42 Å². The number of amides is 1. The van der Waals surface area contributed by atoms with Crippen molar-refractivity contribution in [3.8, 4) is 0 Å². The van der Waals surface area contributed by atoms with E-state index in [0.717, 1.165) is 22.0 Å². The number of benzene rings is 1. The van der Waals surface area contributed by atoms with E-state index in [4.69, 9.17) is 4.42 Å². The van der Waals surface area contributed by atoms with Gasteiger partial charge in [-0.15, -0.1) is 0 Å². The van der Waals surface area contributed by atoms with E-state index in [1.54, 1.807) is 24.3 Å². The maximum Gasteiger partial charge on any atom is 0.410 e. The van der Waals surface area contributed by atoms with Gasteiger partial charge in [0.15, 0.2) is 6.04 Å². The molecule has 2 N–H and O–H groups in total. The SMILES string of the molecule is Cc1ccc([C@H]2C[C@@H](C(F)(F)F)n3ncc(C(=O)NCc4ccco4)c3N2)cc1. The Kier molecular flexibility index (Phi) is 4.81. The van der Waals surface area contributed by atoms with Gasteiger partial charge in [-0.05, 0) is 24.6 Å². The summed E-state index contributed by atoms with van der Waals surface area (Å²) in [6, 6.07) is 8.25. The summed E-state index contributed by atoms with van der Waals surface area (Å²) in [4.78, 5) is 12.6. The number of aromatic nitrogens is 2. The van der Waals surface area contributed by atoms with Gasteiger partial charge in [0.1, 0.15) is 17.1 Å². The number of aryl methyl sites for hydroxylation is 1. The molecule has 1 amide bonds. The Labute approximate surface area is 164 Å². The predicted octanol–water partition coefficient (Wildman–Crippen LogP) is 4.37. The quantitative estimate of drug-likeness (QED) is 0.677. The Balaban J connectivity index is 1.64. The molecule has 0 saturated carbocycles.